The SMILES string of the molecule is Cc1ccnc(Cl)c1NS(=O)(=O)c1cc(Cl)cc(N)c1F. The molecule has 1 heterocycles. The van der Waals surface area contributed by atoms with Crippen molar-refractivity contribution in [2.75, 3.05) is 10.5 Å². The molecule has 0 unspecified atom stereocenters. The molecular formula is C12H10Cl2FN3O2S. The Morgan fingerprint density at radius 3 is 2.62 bits per heavy atom. The summed E-state index contributed by atoms with van der Waals surface area (Å²) in [7, 11) is -4.25. The zero-order valence-electron chi connectivity index (χ0n) is 10.7. The van der Waals surface area contributed by atoms with E-state index in [1.807, 2.05) is 0 Å². The van der Waals surface area contributed by atoms with E-state index in [1.54, 1.807) is 13.0 Å². The van der Waals surface area contributed by atoms with E-state index < -0.39 is 20.7 Å². The molecule has 5 nitrogen and oxygen atoms in total. The first-order valence-electron chi connectivity index (χ1n) is 5.61. The zero-order chi connectivity index (χ0) is 15.8. The molecule has 2 rings (SSSR count). The minimum Gasteiger partial charge on any atom is -0.396 e. The summed E-state index contributed by atoms with van der Waals surface area (Å²) >= 11 is 11.6. The maximum absolute atomic E-state index is 13.9. The van der Waals surface area contributed by atoms with E-state index in [0.717, 1.165) is 12.1 Å². The van der Waals surface area contributed by atoms with Gasteiger partial charge in [-0.1, -0.05) is 23.2 Å². The van der Waals surface area contributed by atoms with Crippen LogP contribution in [-0.4, -0.2) is 13.4 Å². The Morgan fingerprint density at radius 1 is 1.33 bits per heavy atom. The van der Waals surface area contributed by atoms with Crippen molar-refractivity contribution < 1.29 is 12.8 Å². The van der Waals surface area contributed by atoms with Gasteiger partial charge in [0.15, 0.2) is 11.0 Å². The Hall–Kier alpha value is -1.57. The normalized spacial score (nSPS) is 11.4. The molecule has 0 radical (unpaired) electrons. The molecule has 1 aromatic carbocycles. The van der Waals surface area contributed by atoms with E-state index in [9.17, 15) is 12.8 Å². The van der Waals surface area contributed by atoms with Crippen LogP contribution in [-0.2, 0) is 10.0 Å². The van der Waals surface area contributed by atoms with E-state index in [4.69, 9.17) is 28.9 Å². The molecular weight excluding hydrogens is 340 g/mol. The van der Waals surface area contributed by atoms with Crippen LogP contribution in [0.5, 0.6) is 0 Å². The molecule has 0 aliphatic rings. The van der Waals surface area contributed by atoms with Gasteiger partial charge in [0.2, 0.25) is 0 Å². The van der Waals surface area contributed by atoms with Crippen LogP contribution in [0.1, 0.15) is 5.56 Å². The molecule has 0 bridgehead atoms. The Balaban J connectivity index is 2.54. The third-order valence-corrected chi connectivity index (χ3v) is 4.52. The van der Waals surface area contributed by atoms with Crippen LogP contribution in [0.15, 0.2) is 29.3 Å². The fourth-order valence-corrected chi connectivity index (χ4v) is 3.49. The number of benzene rings is 1. The first-order valence-corrected chi connectivity index (χ1v) is 7.84. The van der Waals surface area contributed by atoms with Gasteiger partial charge < -0.3 is 5.73 Å². The van der Waals surface area contributed by atoms with Crippen LogP contribution in [0.2, 0.25) is 10.2 Å². The number of pyridine rings is 1. The summed E-state index contributed by atoms with van der Waals surface area (Å²) in [6, 6.07) is 3.65. The van der Waals surface area contributed by atoms with Crippen LogP contribution < -0.4 is 10.5 Å². The molecule has 0 saturated carbocycles. The molecule has 0 atom stereocenters. The highest BCUT2D eigenvalue weighted by Gasteiger charge is 2.23. The number of sulfonamides is 1. The highest BCUT2D eigenvalue weighted by atomic mass is 35.5. The van der Waals surface area contributed by atoms with Gasteiger partial charge in [0.1, 0.15) is 4.90 Å². The molecule has 2 aromatic rings. The molecule has 0 spiro atoms. The summed E-state index contributed by atoms with van der Waals surface area (Å²) in [4.78, 5) is 3.11. The Labute approximate surface area is 130 Å². The molecule has 0 fully saturated rings. The van der Waals surface area contributed by atoms with Crippen molar-refractivity contribution in [3.05, 3.63) is 46.0 Å². The van der Waals surface area contributed by atoms with Crippen LogP contribution >= 0.6 is 23.2 Å². The molecule has 1 aromatic heterocycles. The van der Waals surface area contributed by atoms with Crippen molar-refractivity contribution in [1.82, 2.24) is 4.98 Å². The third-order valence-electron chi connectivity index (χ3n) is 2.67. The lowest BCUT2D eigenvalue weighted by atomic mass is 10.3. The summed E-state index contributed by atoms with van der Waals surface area (Å²) < 4.78 is 40.7. The summed E-state index contributed by atoms with van der Waals surface area (Å²) in [5, 5.41) is -0.0442. The lowest BCUT2D eigenvalue weighted by Crippen LogP contribution is -2.16. The number of halogens is 3. The molecule has 9 heteroatoms. The van der Waals surface area contributed by atoms with Crippen molar-refractivity contribution in [2.45, 2.75) is 11.8 Å². The number of hydrogen-bond donors (Lipinski definition) is 2. The number of nitrogens with two attached hydrogens (primary N) is 1. The van der Waals surface area contributed by atoms with Crippen LogP contribution in [0.25, 0.3) is 0 Å². The number of rotatable bonds is 3. The summed E-state index contributed by atoms with van der Waals surface area (Å²) in [5.41, 5.74) is 5.62. The molecule has 0 aliphatic carbocycles. The molecule has 21 heavy (non-hydrogen) atoms. The van der Waals surface area contributed by atoms with Crippen molar-refractivity contribution >= 4 is 44.6 Å². The quantitative estimate of drug-likeness (QED) is 0.658. The van der Waals surface area contributed by atoms with Crippen LogP contribution in [0.4, 0.5) is 15.8 Å². The van der Waals surface area contributed by atoms with Gasteiger partial charge in [0.25, 0.3) is 10.0 Å². The number of aromatic nitrogens is 1. The summed E-state index contributed by atoms with van der Waals surface area (Å²) in [5.74, 6) is -1.08. The largest absolute Gasteiger partial charge is 0.396 e. The Bertz CT molecular complexity index is 792. The van der Waals surface area contributed by atoms with Crippen LogP contribution in [0.3, 0.4) is 0 Å². The van der Waals surface area contributed by atoms with Gasteiger partial charge in [-0.15, -0.1) is 0 Å². The molecule has 112 valence electrons. The lowest BCUT2D eigenvalue weighted by Gasteiger charge is -2.13. The number of nitrogen functional groups attached to an aromatic ring is 1. The summed E-state index contributed by atoms with van der Waals surface area (Å²) in [6.07, 6.45) is 1.42. The second-order valence-electron chi connectivity index (χ2n) is 4.21. The van der Waals surface area contributed by atoms with Crippen molar-refractivity contribution in [1.29, 1.82) is 0 Å². The zero-order valence-corrected chi connectivity index (χ0v) is 13.0. The number of aryl methyl sites for hydroxylation is 1. The minimum atomic E-state index is -4.25. The van der Waals surface area contributed by atoms with Gasteiger partial charge in [-0.05, 0) is 30.7 Å². The van der Waals surface area contributed by atoms with Crippen molar-refractivity contribution in [2.24, 2.45) is 0 Å². The van der Waals surface area contributed by atoms with Crippen molar-refractivity contribution in [3.8, 4) is 0 Å². The number of hydrogen-bond acceptors (Lipinski definition) is 4. The molecule has 0 amide bonds. The first-order chi connectivity index (χ1) is 9.72. The van der Waals surface area contributed by atoms with E-state index in [-0.39, 0.29) is 21.6 Å². The van der Waals surface area contributed by atoms with E-state index in [2.05, 4.69) is 9.71 Å². The molecule has 0 aliphatic heterocycles. The number of nitrogens with zero attached hydrogens (tertiary/aromatic N) is 1. The van der Waals surface area contributed by atoms with E-state index in [1.165, 1.54) is 6.20 Å². The second-order valence-corrected chi connectivity index (χ2v) is 6.65. The Morgan fingerprint density at radius 2 is 2.00 bits per heavy atom. The maximum atomic E-state index is 13.9. The molecule has 3 N–H and O–H groups in total. The number of anilines is 2. The lowest BCUT2D eigenvalue weighted by molar-refractivity contribution is 0.573. The summed E-state index contributed by atoms with van der Waals surface area (Å²) in [6.45, 7) is 1.63. The van der Waals surface area contributed by atoms with Gasteiger partial charge in [-0.2, -0.15) is 0 Å². The number of nitrogens with one attached hydrogen (secondary N) is 1. The van der Waals surface area contributed by atoms with Gasteiger partial charge in [-0.3, -0.25) is 4.72 Å². The highest BCUT2D eigenvalue weighted by Crippen LogP contribution is 2.29. The topological polar surface area (TPSA) is 85.1 Å². The first kappa shape index (κ1) is 15.8. The average molecular weight is 350 g/mol. The van der Waals surface area contributed by atoms with Crippen molar-refractivity contribution in [3.63, 3.8) is 0 Å². The predicted molar refractivity (Wildman–Crippen MR) is 80.6 cm³/mol. The van der Waals surface area contributed by atoms with Gasteiger partial charge >= 0.3 is 0 Å². The average Bonchev–Trinajstić information content (AvgIpc) is 2.38. The fraction of sp³-hybridized carbons (Fsp3) is 0.0833. The minimum absolute atomic E-state index is 0.00304. The van der Waals surface area contributed by atoms with Crippen LogP contribution in [0, 0.1) is 12.7 Å². The Kier molecular flexibility index (Phi) is 4.27. The van der Waals surface area contributed by atoms with Gasteiger partial charge in [0.05, 0.1) is 11.4 Å². The monoisotopic (exact) mass is 349 g/mol. The predicted octanol–water partition coefficient (Wildman–Crippen LogP) is 3.22. The smallest absolute Gasteiger partial charge is 0.265 e. The van der Waals surface area contributed by atoms with E-state index in [0.29, 0.717) is 5.56 Å². The maximum Gasteiger partial charge on any atom is 0.265 e. The second kappa shape index (κ2) is 5.67. The van der Waals surface area contributed by atoms with Gasteiger partial charge in [0, 0.05) is 11.2 Å². The highest BCUT2D eigenvalue weighted by molar-refractivity contribution is 7.92. The fourth-order valence-electron chi connectivity index (χ4n) is 1.62. The standard InChI is InChI=1S/C12H10Cl2FN3O2S/c1-6-2-3-17-12(14)11(6)18-21(19,20)9-5-7(13)4-8(16)10(9)15/h2-5,18H,16H2,1H3. The molecule has 0 saturated heterocycles. The third kappa shape index (κ3) is 3.20. The van der Waals surface area contributed by atoms with E-state index >= 15 is 0 Å². The van der Waals surface area contributed by atoms with Gasteiger partial charge in [-0.25, -0.2) is 17.8 Å².